The zero-order valence-corrected chi connectivity index (χ0v) is 14.9. The van der Waals surface area contributed by atoms with Gasteiger partial charge in [0.05, 0.1) is 21.8 Å². The van der Waals surface area contributed by atoms with Crippen molar-refractivity contribution >= 4 is 46.2 Å². The van der Waals surface area contributed by atoms with Crippen LogP contribution in [0.2, 0.25) is 5.02 Å². The number of urea groups is 1. The van der Waals surface area contributed by atoms with Gasteiger partial charge in [-0.25, -0.2) is 22.9 Å². The van der Waals surface area contributed by atoms with E-state index in [1.165, 1.54) is 30.5 Å². The first-order chi connectivity index (χ1) is 13.8. The normalized spacial score (nSPS) is 15.3. The van der Waals surface area contributed by atoms with E-state index in [0.29, 0.717) is 15.8 Å². The van der Waals surface area contributed by atoms with Gasteiger partial charge in [-0.1, -0.05) is 17.7 Å². The SMILES string of the molecule is N#Cc1ccc(N2C(=O)NC(=Cc3c[nH]c4c(F)c(Cl)ccc34)C2=O)c(F)c1F. The average Bonchev–Trinajstić information content (AvgIpc) is 3.22. The number of nitrogens with one attached hydrogen (secondary N) is 2. The first-order valence-corrected chi connectivity index (χ1v) is 8.41. The number of benzene rings is 2. The predicted molar refractivity (Wildman–Crippen MR) is 98.3 cm³/mol. The monoisotopic (exact) mass is 416 g/mol. The molecule has 2 heterocycles. The van der Waals surface area contributed by atoms with Gasteiger partial charge < -0.3 is 10.3 Å². The largest absolute Gasteiger partial charge is 0.358 e. The van der Waals surface area contributed by atoms with Crippen molar-refractivity contribution in [2.45, 2.75) is 0 Å². The number of H-pyrrole nitrogens is 1. The Balaban J connectivity index is 1.76. The van der Waals surface area contributed by atoms with Gasteiger partial charge in [0.2, 0.25) is 0 Å². The fourth-order valence-electron chi connectivity index (χ4n) is 2.99. The van der Waals surface area contributed by atoms with Gasteiger partial charge in [0.25, 0.3) is 5.91 Å². The summed E-state index contributed by atoms with van der Waals surface area (Å²) in [6.45, 7) is 0. The van der Waals surface area contributed by atoms with Gasteiger partial charge in [-0.15, -0.1) is 0 Å². The summed E-state index contributed by atoms with van der Waals surface area (Å²) in [6, 6.07) is 5.25. The van der Waals surface area contributed by atoms with Crippen LogP contribution in [0.5, 0.6) is 0 Å². The van der Waals surface area contributed by atoms with E-state index >= 15 is 0 Å². The smallest absolute Gasteiger partial charge is 0.333 e. The molecule has 4 rings (SSSR count). The zero-order chi connectivity index (χ0) is 20.9. The van der Waals surface area contributed by atoms with Crippen LogP contribution < -0.4 is 10.2 Å². The number of aromatic nitrogens is 1. The van der Waals surface area contributed by atoms with E-state index in [1.54, 1.807) is 0 Å². The fourth-order valence-corrected chi connectivity index (χ4v) is 3.14. The first kappa shape index (κ1) is 18.6. The molecule has 6 nitrogen and oxygen atoms in total. The third-order valence-corrected chi connectivity index (χ3v) is 4.67. The third kappa shape index (κ3) is 2.81. The molecule has 144 valence electrons. The number of rotatable bonds is 2. The maximum Gasteiger partial charge on any atom is 0.333 e. The maximum absolute atomic E-state index is 14.3. The quantitative estimate of drug-likeness (QED) is 0.484. The summed E-state index contributed by atoms with van der Waals surface area (Å²) in [7, 11) is 0. The minimum Gasteiger partial charge on any atom is -0.358 e. The van der Waals surface area contributed by atoms with Crippen molar-refractivity contribution < 1.29 is 22.8 Å². The number of hydrogen-bond donors (Lipinski definition) is 2. The Labute approximate surface area is 165 Å². The number of nitrogens with zero attached hydrogens (tertiary/aromatic N) is 2. The summed E-state index contributed by atoms with van der Waals surface area (Å²) >= 11 is 5.73. The summed E-state index contributed by atoms with van der Waals surface area (Å²) in [4.78, 5) is 28.0. The Bertz CT molecular complexity index is 1290. The Hall–Kier alpha value is -3.77. The van der Waals surface area contributed by atoms with E-state index in [0.717, 1.165) is 12.1 Å². The zero-order valence-electron chi connectivity index (χ0n) is 14.2. The Morgan fingerprint density at radius 1 is 1.07 bits per heavy atom. The lowest BCUT2D eigenvalue weighted by atomic mass is 10.1. The minimum atomic E-state index is -1.50. The van der Waals surface area contributed by atoms with E-state index in [4.69, 9.17) is 16.9 Å². The predicted octanol–water partition coefficient (Wildman–Crippen LogP) is 4.21. The second kappa shape index (κ2) is 6.68. The van der Waals surface area contributed by atoms with Gasteiger partial charge in [0.1, 0.15) is 11.8 Å². The molecule has 0 aliphatic carbocycles. The topological polar surface area (TPSA) is 89.0 Å². The fraction of sp³-hybridized carbons (Fsp3) is 0. The number of carbonyl (C=O) groups excluding carboxylic acids is 2. The molecule has 10 heteroatoms. The Morgan fingerprint density at radius 3 is 2.55 bits per heavy atom. The molecular weight excluding hydrogens is 409 g/mol. The highest BCUT2D eigenvalue weighted by molar-refractivity contribution is 6.31. The van der Waals surface area contributed by atoms with E-state index < -0.39 is 40.6 Å². The van der Waals surface area contributed by atoms with Gasteiger partial charge in [-0.05, 0) is 24.3 Å². The molecule has 0 spiro atoms. The van der Waals surface area contributed by atoms with Crippen LogP contribution in [0.1, 0.15) is 11.1 Å². The highest BCUT2D eigenvalue weighted by Gasteiger charge is 2.37. The van der Waals surface area contributed by atoms with Crippen molar-refractivity contribution in [2.24, 2.45) is 0 Å². The number of aromatic amines is 1. The Kier molecular flexibility index (Phi) is 4.28. The molecule has 2 N–H and O–H groups in total. The molecule has 0 radical (unpaired) electrons. The van der Waals surface area contributed by atoms with Crippen LogP contribution >= 0.6 is 11.6 Å². The van der Waals surface area contributed by atoms with E-state index in [9.17, 15) is 22.8 Å². The van der Waals surface area contributed by atoms with Crippen LogP contribution in [0.15, 0.2) is 36.2 Å². The van der Waals surface area contributed by atoms with Crippen molar-refractivity contribution in [1.29, 1.82) is 5.26 Å². The molecule has 0 bridgehead atoms. The molecule has 0 unspecified atom stereocenters. The maximum atomic E-state index is 14.3. The molecule has 1 aromatic heterocycles. The summed E-state index contributed by atoms with van der Waals surface area (Å²) in [5, 5.41) is 11.3. The molecule has 3 amide bonds. The summed E-state index contributed by atoms with van der Waals surface area (Å²) in [5.74, 6) is -4.58. The third-order valence-electron chi connectivity index (χ3n) is 4.38. The highest BCUT2D eigenvalue weighted by atomic mass is 35.5. The van der Waals surface area contributed by atoms with Crippen molar-refractivity contribution in [1.82, 2.24) is 10.3 Å². The number of halogens is 4. The molecule has 2 aromatic carbocycles. The molecular formula is C19H8ClF3N4O2. The van der Waals surface area contributed by atoms with Crippen molar-refractivity contribution in [2.75, 3.05) is 4.90 Å². The van der Waals surface area contributed by atoms with Gasteiger partial charge in [-0.3, -0.25) is 4.79 Å². The number of hydrogen-bond acceptors (Lipinski definition) is 3. The van der Waals surface area contributed by atoms with Crippen molar-refractivity contribution in [3.63, 3.8) is 0 Å². The second-order valence-corrected chi connectivity index (χ2v) is 6.44. The van der Waals surface area contributed by atoms with Crippen LogP contribution in [-0.4, -0.2) is 16.9 Å². The average molecular weight is 417 g/mol. The van der Waals surface area contributed by atoms with Crippen LogP contribution in [0.3, 0.4) is 0 Å². The molecule has 1 fully saturated rings. The molecule has 0 atom stereocenters. The number of nitriles is 1. The highest BCUT2D eigenvalue weighted by Crippen LogP contribution is 2.30. The standard InChI is InChI=1S/C19H8ClF3N4O2/c20-11-3-2-10-9(7-25-17(10)15(11)22)5-12-18(28)27(19(29)26-12)13-4-1-8(6-24)14(21)16(13)23/h1-5,7,25H,(H,26,29). The second-order valence-electron chi connectivity index (χ2n) is 6.03. The van der Waals surface area contributed by atoms with Crippen molar-refractivity contribution in [3.05, 3.63) is 69.8 Å². The lowest BCUT2D eigenvalue weighted by Crippen LogP contribution is -2.31. The van der Waals surface area contributed by atoms with Gasteiger partial charge in [0, 0.05) is 17.1 Å². The van der Waals surface area contributed by atoms with E-state index in [-0.39, 0.29) is 16.2 Å². The lowest BCUT2D eigenvalue weighted by Gasteiger charge is -2.13. The molecule has 3 aromatic rings. The molecule has 1 aliphatic rings. The van der Waals surface area contributed by atoms with Crippen LogP contribution in [0.25, 0.3) is 17.0 Å². The van der Waals surface area contributed by atoms with Crippen LogP contribution in [-0.2, 0) is 4.79 Å². The number of anilines is 1. The number of amides is 3. The summed E-state index contributed by atoms with van der Waals surface area (Å²) < 4.78 is 42.2. The molecule has 29 heavy (non-hydrogen) atoms. The summed E-state index contributed by atoms with van der Waals surface area (Å²) in [5.41, 5.74) is -0.945. The van der Waals surface area contributed by atoms with E-state index in [1.807, 2.05) is 0 Å². The van der Waals surface area contributed by atoms with Crippen LogP contribution in [0, 0.1) is 28.8 Å². The van der Waals surface area contributed by atoms with E-state index in [2.05, 4.69) is 10.3 Å². The van der Waals surface area contributed by atoms with Gasteiger partial charge >= 0.3 is 6.03 Å². The molecule has 0 saturated carbocycles. The number of carbonyl (C=O) groups is 2. The lowest BCUT2D eigenvalue weighted by molar-refractivity contribution is -0.113. The molecule has 1 saturated heterocycles. The minimum absolute atomic E-state index is 0.0895. The Morgan fingerprint density at radius 2 is 1.83 bits per heavy atom. The first-order valence-electron chi connectivity index (χ1n) is 8.03. The van der Waals surface area contributed by atoms with Gasteiger partial charge in [-0.2, -0.15) is 5.26 Å². The van der Waals surface area contributed by atoms with Crippen molar-refractivity contribution in [3.8, 4) is 6.07 Å². The van der Waals surface area contributed by atoms with Crippen LogP contribution in [0.4, 0.5) is 23.7 Å². The number of imide groups is 1. The number of fused-ring (bicyclic) bond motifs is 1. The summed E-state index contributed by atoms with van der Waals surface area (Å²) in [6.07, 6.45) is 2.67. The molecule has 1 aliphatic heterocycles. The van der Waals surface area contributed by atoms with Gasteiger partial charge in [0.15, 0.2) is 17.5 Å².